The van der Waals surface area contributed by atoms with E-state index in [2.05, 4.69) is 15.7 Å². The number of rotatable bonds is 7. The van der Waals surface area contributed by atoms with Crippen LogP contribution in [0.25, 0.3) is 0 Å². The Bertz CT molecular complexity index is 1030. The molecule has 0 spiro atoms. The lowest BCUT2D eigenvalue weighted by Gasteiger charge is -2.16. The third-order valence-corrected chi connectivity index (χ3v) is 4.21. The maximum atomic E-state index is 12.7. The second-order valence-corrected chi connectivity index (χ2v) is 6.33. The summed E-state index contributed by atoms with van der Waals surface area (Å²) in [5, 5.41) is 20.0. The monoisotopic (exact) mass is 393 g/mol. The van der Waals surface area contributed by atoms with Crippen molar-refractivity contribution in [1.29, 1.82) is 0 Å². The van der Waals surface area contributed by atoms with E-state index in [1.54, 1.807) is 24.3 Å². The van der Waals surface area contributed by atoms with Crippen LogP contribution in [0.2, 0.25) is 0 Å². The number of anilines is 1. The Hall–Kier alpha value is -4.01. The number of nitro groups is 1. The fourth-order valence-corrected chi connectivity index (χ4v) is 2.76. The number of benzene rings is 2. The Morgan fingerprint density at radius 2 is 1.79 bits per heavy atom. The fourth-order valence-electron chi connectivity index (χ4n) is 2.76. The van der Waals surface area contributed by atoms with Gasteiger partial charge in [-0.2, -0.15) is 4.68 Å². The molecule has 2 aromatic carbocycles. The Kier molecular flexibility index (Phi) is 5.98. The highest BCUT2D eigenvalue weighted by Crippen LogP contribution is 2.18. The number of hydrogen-bond donors (Lipinski definition) is 2. The number of hydrogen-bond acceptors (Lipinski definition) is 5. The zero-order valence-corrected chi connectivity index (χ0v) is 15.6. The number of carbonyl (C=O) groups excluding carboxylic acids is 2. The molecule has 0 aliphatic rings. The maximum Gasteiger partial charge on any atom is 0.389 e. The van der Waals surface area contributed by atoms with Gasteiger partial charge in [0.15, 0.2) is 0 Å². The third kappa shape index (κ3) is 5.04. The number of carbonyl (C=O) groups is 2. The van der Waals surface area contributed by atoms with E-state index in [9.17, 15) is 19.7 Å². The molecule has 9 nitrogen and oxygen atoms in total. The van der Waals surface area contributed by atoms with Gasteiger partial charge in [0.2, 0.25) is 5.91 Å². The highest BCUT2D eigenvalue weighted by molar-refractivity contribution is 6.03. The van der Waals surface area contributed by atoms with Gasteiger partial charge in [0, 0.05) is 0 Å². The van der Waals surface area contributed by atoms with Gasteiger partial charge in [-0.3, -0.25) is 9.59 Å². The Morgan fingerprint density at radius 3 is 2.48 bits per heavy atom. The summed E-state index contributed by atoms with van der Waals surface area (Å²) in [7, 11) is 0. The number of amides is 2. The molecular formula is C20H19N5O4. The molecule has 0 saturated carbocycles. The first-order valence-electron chi connectivity index (χ1n) is 8.86. The maximum absolute atomic E-state index is 12.7. The van der Waals surface area contributed by atoms with E-state index in [0.29, 0.717) is 11.3 Å². The normalized spacial score (nSPS) is 11.5. The number of para-hydroxylation sites is 1. The summed E-state index contributed by atoms with van der Waals surface area (Å²) in [6.07, 6.45) is 1.35. The van der Waals surface area contributed by atoms with Gasteiger partial charge in [0.25, 0.3) is 5.91 Å². The summed E-state index contributed by atoms with van der Waals surface area (Å²) < 4.78 is 1.16. The van der Waals surface area contributed by atoms with Crippen LogP contribution in [0, 0.1) is 10.1 Å². The molecule has 1 aromatic heterocycles. The molecule has 1 unspecified atom stereocenters. The third-order valence-electron chi connectivity index (χ3n) is 4.21. The molecule has 1 atom stereocenters. The smallest absolute Gasteiger partial charge is 0.358 e. The molecule has 0 saturated heterocycles. The van der Waals surface area contributed by atoms with E-state index >= 15 is 0 Å². The summed E-state index contributed by atoms with van der Waals surface area (Å²) >= 11 is 0. The molecule has 3 aromatic rings. The van der Waals surface area contributed by atoms with E-state index in [1.807, 2.05) is 37.3 Å². The molecule has 1 heterocycles. The summed E-state index contributed by atoms with van der Waals surface area (Å²) in [4.78, 5) is 35.1. The molecule has 2 amide bonds. The van der Waals surface area contributed by atoms with Crippen LogP contribution in [0.5, 0.6) is 0 Å². The first kappa shape index (κ1) is 19.7. The number of aromatic nitrogens is 2. The van der Waals surface area contributed by atoms with E-state index in [4.69, 9.17) is 0 Å². The standard InChI is InChI=1S/C20H19N5O4/c1-14(15-7-3-2-4-8-15)21-20(27)16-9-5-6-10-17(16)22-19(26)13-24-12-11-18(23-24)25(28)29/h2-12,14H,13H2,1H3,(H,21,27)(H,22,26). The zero-order chi connectivity index (χ0) is 20.8. The van der Waals surface area contributed by atoms with E-state index in [0.717, 1.165) is 10.2 Å². The molecule has 148 valence electrons. The highest BCUT2D eigenvalue weighted by Gasteiger charge is 2.17. The topological polar surface area (TPSA) is 119 Å². The molecule has 0 aliphatic carbocycles. The summed E-state index contributed by atoms with van der Waals surface area (Å²) in [5.74, 6) is -1.13. The van der Waals surface area contributed by atoms with Crippen LogP contribution in [0.4, 0.5) is 11.5 Å². The Morgan fingerprint density at radius 1 is 1.10 bits per heavy atom. The Labute approximate surface area is 166 Å². The molecule has 2 N–H and O–H groups in total. The largest absolute Gasteiger partial charge is 0.389 e. The van der Waals surface area contributed by atoms with Crippen LogP contribution >= 0.6 is 0 Å². The van der Waals surface area contributed by atoms with Gasteiger partial charge in [0.1, 0.15) is 6.54 Å². The van der Waals surface area contributed by atoms with Gasteiger partial charge in [-0.15, -0.1) is 0 Å². The van der Waals surface area contributed by atoms with Crippen LogP contribution in [0.1, 0.15) is 28.9 Å². The van der Waals surface area contributed by atoms with Gasteiger partial charge in [-0.25, -0.2) is 0 Å². The molecule has 0 aliphatic heterocycles. The molecular weight excluding hydrogens is 374 g/mol. The molecule has 0 fully saturated rings. The van der Waals surface area contributed by atoms with Gasteiger partial charge < -0.3 is 20.7 Å². The summed E-state index contributed by atoms with van der Waals surface area (Å²) in [5.41, 5.74) is 1.62. The molecule has 9 heteroatoms. The second-order valence-electron chi connectivity index (χ2n) is 6.33. The van der Waals surface area contributed by atoms with Crippen molar-refractivity contribution < 1.29 is 14.5 Å². The number of nitrogens with zero attached hydrogens (tertiary/aromatic N) is 3. The van der Waals surface area contributed by atoms with Crippen LogP contribution in [0.15, 0.2) is 66.9 Å². The molecule has 3 rings (SSSR count). The van der Waals surface area contributed by atoms with Gasteiger partial charge in [0.05, 0.1) is 34.7 Å². The molecule has 29 heavy (non-hydrogen) atoms. The first-order chi connectivity index (χ1) is 13.9. The van der Waals surface area contributed by atoms with Crippen molar-refractivity contribution in [2.24, 2.45) is 0 Å². The minimum atomic E-state index is -0.637. The summed E-state index contributed by atoms with van der Waals surface area (Å²) in [6, 6.07) is 17.2. The molecule has 0 radical (unpaired) electrons. The lowest BCUT2D eigenvalue weighted by Crippen LogP contribution is -2.28. The average molecular weight is 393 g/mol. The van der Waals surface area contributed by atoms with Crippen molar-refractivity contribution in [3.05, 3.63) is 88.1 Å². The highest BCUT2D eigenvalue weighted by atomic mass is 16.6. The van der Waals surface area contributed by atoms with E-state index in [-0.39, 0.29) is 24.3 Å². The second kappa shape index (κ2) is 8.79. The fraction of sp³-hybridized carbons (Fsp3) is 0.150. The van der Waals surface area contributed by atoms with Crippen molar-refractivity contribution in [3.8, 4) is 0 Å². The van der Waals surface area contributed by atoms with Crippen molar-refractivity contribution >= 4 is 23.3 Å². The minimum Gasteiger partial charge on any atom is -0.358 e. The van der Waals surface area contributed by atoms with Crippen LogP contribution in [-0.2, 0) is 11.3 Å². The van der Waals surface area contributed by atoms with Gasteiger partial charge >= 0.3 is 5.82 Å². The van der Waals surface area contributed by atoms with Crippen molar-refractivity contribution in [1.82, 2.24) is 15.1 Å². The molecule has 0 bridgehead atoms. The van der Waals surface area contributed by atoms with Gasteiger partial charge in [-0.05, 0) is 29.5 Å². The quantitative estimate of drug-likeness (QED) is 0.472. The van der Waals surface area contributed by atoms with Crippen molar-refractivity contribution in [2.45, 2.75) is 19.5 Å². The van der Waals surface area contributed by atoms with Crippen LogP contribution < -0.4 is 10.6 Å². The average Bonchev–Trinajstić information content (AvgIpc) is 3.17. The lowest BCUT2D eigenvalue weighted by atomic mass is 10.1. The predicted octanol–water partition coefficient (Wildman–Crippen LogP) is 2.92. The first-order valence-corrected chi connectivity index (χ1v) is 8.86. The predicted molar refractivity (Wildman–Crippen MR) is 106 cm³/mol. The van der Waals surface area contributed by atoms with Gasteiger partial charge in [-0.1, -0.05) is 42.5 Å². The van der Waals surface area contributed by atoms with Crippen LogP contribution in [-0.4, -0.2) is 26.5 Å². The van der Waals surface area contributed by atoms with Crippen LogP contribution in [0.3, 0.4) is 0 Å². The van der Waals surface area contributed by atoms with E-state index in [1.165, 1.54) is 12.3 Å². The SMILES string of the molecule is CC(NC(=O)c1ccccc1NC(=O)Cn1ccc([N+](=O)[O-])n1)c1ccccc1. The van der Waals surface area contributed by atoms with Crippen molar-refractivity contribution in [2.75, 3.05) is 5.32 Å². The number of nitrogens with one attached hydrogen (secondary N) is 2. The Balaban J connectivity index is 1.68. The summed E-state index contributed by atoms with van der Waals surface area (Å²) in [6.45, 7) is 1.66. The van der Waals surface area contributed by atoms with E-state index < -0.39 is 10.8 Å². The van der Waals surface area contributed by atoms with Crippen molar-refractivity contribution in [3.63, 3.8) is 0 Å². The minimum absolute atomic E-state index is 0.211. The zero-order valence-electron chi connectivity index (χ0n) is 15.6. The lowest BCUT2D eigenvalue weighted by molar-refractivity contribution is -0.389.